The maximum atomic E-state index is 11.3. The molecule has 4 heteroatoms. The van der Waals surface area contributed by atoms with E-state index in [1.165, 1.54) is 83.1 Å². The number of hydrogen-bond acceptors (Lipinski definition) is 3. The van der Waals surface area contributed by atoms with Crippen LogP contribution in [0.4, 0.5) is 0 Å². The molecule has 1 heterocycles. The van der Waals surface area contributed by atoms with Gasteiger partial charge in [-0.3, -0.25) is 4.79 Å². The lowest BCUT2D eigenvalue weighted by Gasteiger charge is -2.09. The molecule has 0 atom stereocenters. The van der Waals surface area contributed by atoms with Gasteiger partial charge in [0.2, 0.25) is 5.43 Å². The quantitative estimate of drug-likeness (QED) is 0.396. The van der Waals surface area contributed by atoms with E-state index in [1.807, 2.05) is 6.07 Å². The Labute approximate surface area is 158 Å². The Morgan fingerprint density at radius 2 is 1.35 bits per heavy atom. The highest BCUT2D eigenvalue weighted by atomic mass is 16.3. The van der Waals surface area contributed by atoms with Gasteiger partial charge in [-0.2, -0.15) is 5.26 Å². The summed E-state index contributed by atoms with van der Waals surface area (Å²) < 4.78 is 1.68. The van der Waals surface area contributed by atoms with Crippen molar-refractivity contribution in [2.75, 3.05) is 0 Å². The molecule has 4 nitrogen and oxygen atoms in total. The molecule has 1 aromatic heterocycles. The molecule has 1 N–H and O–H groups in total. The summed E-state index contributed by atoms with van der Waals surface area (Å²) in [6, 6.07) is 3.24. The summed E-state index contributed by atoms with van der Waals surface area (Å²) in [5.41, 5.74) is -0.411. The molecule has 0 aliphatic carbocycles. The first-order valence-electron chi connectivity index (χ1n) is 10.5. The predicted octanol–water partition coefficient (Wildman–Crippen LogP) is 5.91. The zero-order chi connectivity index (χ0) is 19.0. The predicted molar refractivity (Wildman–Crippen MR) is 107 cm³/mol. The lowest BCUT2D eigenvalue weighted by Crippen LogP contribution is -2.10. The summed E-state index contributed by atoms with van der Waals surface area (Å²) in [7, 11) is 0. The van der Waals surface area contributed by atoms with Gasteiger partial charge in [-0.25, -0.2) is 0 Å². The zero-order valence-corrected chi connectivity index (χ0v) is 16.5. The van der Waals surface area contributed by atoms with E-state index >= 15 is 0 Å². The fraction of sp³-hybridized carbons (Fsp3) is 0.727. The average Bonchev–Trinajstić information content (AvgIpc) is 2.65. The number of hydrogen-bond donors (Lipinski definition) is 1. The van der Waals surface area contributed by atoms with Gasteiger partial charge in [0.1, 0.15) is 6.07 Å². The van der Waals surface area contributed by atoms with Crippen molar-refractivity contribution in [3.05, 3.63) is 28.2 Å². The molecule has 1 aromatic rings. The maximum Gasteiger partial charge on any atom is 0.224 e. The third kappa shape index (κ3) is 9.08. The highest BCUT2D eigenvalue weighted by Crippen LogP contribution is 2.14. The summed E-state index contributed by atoms with van der Waals surface area (Å²) in [4.78, 5) is 11.3. The van der Waals surface area contributed by atoms with Crippen LogP contribution in [0.2, 0.25) is 0 Å². The standard InChI is InChI=1S/C22H36N2O2/c1-2-3-4-5-6-7-8-9-10-11-12-13-14-15-17-24-18-16-21(25)22(26)20(24)19-23/h16,18,26H,2-15,17H2,1H3. The molecule has 0 bridgehead atoms. The lowest BCUT2D eigenvalue weighted by atomic mass is 10.0. The number of unbranched alkanes of at least 4 members (excludes halogenated alkanes) is 13. The van der Waals surface area contributed by atoms with Crippen molar-refractivity contribution in [3.8, 4) is 11.8 Å². The fourth-order valence-electron chi connectivity index (χ4n) is 3.34. The van der Waals surface area contributed by atoms with Gasteiger partial charge in [0, 0.05) is 18.8 Å². The van der Waals surface area contributed by atoms with Crippen molar-refractivity contribution < 1.29 is 5.11 Å². The molecule has 1 rings (SSSR count). The molecule has 0 fully saturated rings. The second-order valence-corrected chi connectivity index (χ2v) is 7.28. The summed E-state index contributed by atoms with van der Waals surface area (Å²) >= 11 is 0. The number of aromatic hydroxyl groups is 1. The number of nitrogens with zero attached hydrogens (tertiary/aromatic N) is 2. The molecule has 0 saturated heterocycles. The van der Waals surface area contributed by atoms with E-state index in [4.69, 9.17) is 5.26 Å². The van der Waals surface area contributed by atoms with Crippen LogP contribution in [0.3, 0.4) is 0 Å². The fourth-order valence-corrected chi connectivity index (χ4v) is 3.34. The van der Waals surface area contributed by atoms with Crippen molar-refractivity contribution in [2.24, 2.45) is 0 Å². The Bertz CT molecular complexity index is 587. The summed E-state index contributed by atoms with van der Waals surface area (Å²) in [5, 5.41) is 18.7. The van der Waals surface area contributed by atoms with Gasteiger partial charge in [0.15, 0.2) is 11.4 Å². The second kappa shape index (κ2) is 14.4. The largest absolute Gasteiger partial charge is 0.502 e. The Morgan fingerprint density at radius 3 is 1.81 bits per heavy atom. The van der Waals surface area contributed by atoms with Gasteiger partial charge in [-0.05, 0) is 6.42 Å². The molecule has 0 unspecified atom stereocenters. The number of pyridine rings is 1. The summed E-state index contributed by atoms with van der Waals surface area (Å²) in [6.45, 7) is 2.94. The minimum atomic E-state index is -0.487. The number of aromatic nitrogens is 1. The van der Waals surface area contributed by atoms with Crippen LogP contribution in [-0.4, -0.2) is 9.67 Å². The molecule has 0 aliphatic rings. The van der Waals surface area contributed by atoms with Gasteiger partial charge in [0.25, 0.3) is 0 Å². The Hall–Kier alpha value is -1.76. The van der Waals surface area contributed by atoms with Gasteiger partial charge in [-0.1, -0.05) is 90.4 Å². The first-order valence-corrected chi connectivity index (χ1v) is 10.5. The number of nitriles is 1. The monoisotopic (exact) mass is 360 g/mol. The van der Waals surface area contributed by atoms with Gasteiger partial charge < -0.3 is 9.67 Å². The van der Waals surface area contributed by atoms with Crippen LogP contribution >= 0.6 is 0 Å². The lowest BCUT2D eigenvalue weighted by molar-refractivity contribution is 0.453. The van der Waals surface area contributed by atoms with Crippen molar-refractivity contribution in [2.45, 2.75) is 103 Å². The molecule has 0 saturated carbocycles. The normalized spacial score (nSPS) is 10.8. The van der Waals surface area contributed by atoms with Crippen molar-refractivity contribution in [3.63, 3.8) is 0 Å². The summed E-state index contributed by atoms with van der Waals surface area (Å²) in [5.74, 6) is -0.430. The Balaban J connectivity index is 1.98. The Kier molecular flexibility index (Phi) is 12.4. The molecule has 0 aliphatic heterocycles. The first-order chi connectivity index (χ1) is 12.7. The minimum Gasteiger partial charge on any atom is -0.502 e. The molecule has 0 spiro atoms. The number of aryl methyl sites for hydroxylation is 1. The number of rotatable bonds is 15. The van der Waals surface area contributed by atoms with Crippen molar-refractivity contribution in [1.29, 1.82) is 5.26 Å². The maximum absolute atomic E-state index is 11.3. The highest BCUT2D eigenvalue weighted by Gasteiger charge is 2.08. The third-order valence-electron chi connectivity index (χ3n) is 5.01. The van der Waals surface area contributed by atoms with Crippen LogP contribution in [0.5, 0.6) is 5.75 Å². The van der Waals surface area contributed by atoms with Crippen LogP contribution in [0.1, 0.15) is 103 Å². The highest BCUT2D eigenvalue weighted by molar-refractivity contribution is 5.36. The van der Waals surface area contributed by atoms with Crippen LogP contribution in [0.15, 0.2) is 17.1 Å². The molecule has 146 valence electrons. The Morgan fingerprint density at radius 1 is 0.885 bits per heavy atom. The van der Waals surface area contributed by atoms with Crippen LogP contribution in [0, 0.1) is 11.3 Å². The van der Waals surface area contributed by atoms with Crippen LogP contribution in [0.25, 0.3) is 0 Å². The van der Waals surface area contributed by atoms with Crippen LogP contribution < -0.4 is 5.43 Å². The topological polar surface area (TPSA) is 66.0 Å². The molecule has 26 heavy (non-hydrogen) atoms. The SMILES string of the molecule is CCCCCCCCCCCCCCCCn1ccc(=O)c(O)c1C#N. The van der Waals surface area contributed by atoms with Gasteiger partial charge >= 0.3 is 0 Å². The molecular weight excluding hydrogens is 324 g/mol. The van der Waals surface area contributed by atoms with Crippen LogP contribution in [-0.2, 0) is 6.54 Å². The van der Waals surface area contributed by atoms with E-state index in [0.717, 1.165) is 12.8 Å². The van der Waals surface area contributed by atoms with E-state index in [1.54, 1.807) is 10.8 Å². The van der Waals surface area contributed by atoms with Crippen molar-refractivity contribution >= 4 is 0 Å². The third-order valence-corrected chi connectivity index (χ3v) is 5.01. The van der Waals surface area contributed by atoms with E-state index in [9.17, 15) is 9.90 Å². The van der Waals surface area contributed by atoms with E-state index in [0.29, 0.717) is 6.54 Å². The smallest absolute Gasteiger partial charge is 0.224 e. The van der Waals surface area contributed by atoms with Crippen molar-refractivity contribution in [1.82, 2.24) is 4.57 Å². The molecule has 0 aromatic carbocycles. The van der Waals surface area contributed by atoms with E-state index in [2.05, 4.69) is 6.92 Å². The minimum absolute atomic E-state index is 0.0761. The van der Waals surface area contributed by atoms with E-state index in [-0.39, 0.29) is 5.69 Å². The summed E-state index contributed by atoms with van der Waals surface area (Å²) in [6.07, 6.45) is 19.9. The van der Waals surface area contributed by atoms with E-state index < -0.39 is 11.2 Å². The molecular formula is C22H36N2O2. The first kappa shape index (κ1) is 22.3. The second-order valence-electron chi connectivity index (χ2n) is 7.28. The van der Waals surface area contributed by atoms with Gasteiger partial charge in [-0.15, -0.1) is 0 Å². The zero-order valence-electron chi connectivity index (χ0n) is 16.5. The average molecular weight is 361 g/mol. The van der Waals surface area contributed by atoms with Gasteiger partial charge in [0.05, 0.1) is 0 Å². The molecule has 0 amide bonds. The molecule has 0 radical (unpaired) electrons.